The van der Waals surface area contributed by atoms with E-state index in [2.05, 4.69) is 10.2 Å². The van der Waals surface area contributed by atoms with E-state index >= 15 is 0 Å². The minimum atomic E-state index is -0.615. The van der Waals surface area contributed by atoms with Crippen molar-refractivity contribution in [2.24, 2.45) is 0 Å². The summed E-state index contributed by atoms with van der Waals surface area (Å²) in [5, 5.41) is 2.15. The molecular weight excluding hydrogens is 362 g/mol. The van der Waals surface area contributed by atoms with E-state index in [1.54, 1.807) is 19.1 Å². The Morgan fingerprint density at radius 3 is 2.18 bits per heavy atom. The average Bonchev–Trinajstić information content (AvgIpc) is 2.96. The molecule has 1 saturated heterocycles. The Balaban J connectivity index is 1.63. The van der Waals surface area contributed by atoms with Gasteiger partial charge in [0.1, 0.15) is 5.82 Å². The Morgan fingerprint density at radius 1 is 0.964 bits per heavy atom. The number of carbonyl (C=O) groups is 3. The average molecular weight is 381 g/mol. The molecule has 2 aliphatic rings. The summed E-state index contributed by atoms with van der Waals surface area (Å²) in [6.07, 6.45) is 0. The second-order valence-electron chi connectivity index (χ2n) is 6.78. The molecule has 1 aromatic heterocycles. The Hall–Kier alpha value is -3.62. The fraction of sp³-hybridized carbons (Fsp3) is 0.263. The predicted molar refractivity (Wildman–Crippen MR) is 103 cm³/mol. The quantitative estimate of drug-likeness (QED) is 0.706. The van der Waals surface area contributed by atoms with Gasteiger partial charge < -0.3 is 15.5 Å². The highest BCUT2D eigenvalue weighted by Crippen LogP contribution is 2.24. The van der Waals surface area contributed by atoms with Crippen LogP contribution in [-0.4, -0.2) is 53.4 Å². The van der Waals surface area contributed by atoms with Crippen LogP contribution in [0.2, 0.25) is 0 Å². The number of fused-ring (bicyclic) bond motifs is 1. The zero-order valence-corrected chi connectivity index (χ0v) is 15.3. The van der Waals surface area contributed by atoms with E-state index in [1.165, 1.54) is 4.57 Å². The molecule has 0 atom stereocenters. The van der Waals surface area contributed by atoms with E-state index in [0.717, 1.165) is 24.8 Å². The summed E-state index contributed by atoms with van der Waals surface area (Å²) >= 11 is 0. The molecule has 9 nitrogen and oxygen atoms in total. The molecule has 2 aliphatic heterocycles. The molecule has 1 aromatic carbocycles. The van der Waals surface area contributed by atoms with Crippen LogP contribution >= 0.6 is 0 Å². The molecule has 3 N–H and O–H groups in total. The van der Waals surface area contributed by atoms with Crippen LogP contribution in [-0.2, 0) is 4.79 Å². The molecule has 28 heavy (non-hydrogen) atoms. The van der Waals surface area contributed by atoms with Crippen molar-refractivity contribution in [3.8, 4) is 5.69 Å². The van der Waals surface area contributed by atoms with E-state index in [0.29, 0.717) is 18.8 Å². The third-order valence-electron chi connectivity index (χ3n) is 5.15. The van der Waals surface area contributed by atoms with E-state index in [4.69, 9.17) is 5.73 Å². The van der Waals surface area contributed by atoms with E-state index in [-0.39, 0.29) is 22.9 Å². The monoisotopic (exact) mass is 381 g/mol. The van der Waals surface area contributed by atoms with Crippen LogP contribution in [0.4, 0.5) is 11.5 Å². The van der Waals surface area contributed by atoms with E-state index < -0.39 is 17.4 Å². The van der Waals surface area contributed by atoms with Crippen LogP contribution in [0.1, 0.15) is 27.6 Å². The summed E-state index contributed by atoms with van der Waals surface area (Å²) in [5.74, 6) is -1.21. The van der Waals surface area contributed by atoms with Gasteiger partial charge in [0.25, 0.3) is 17.4 Å². The van der Waals surface area contributed by atoms with Gasteiger partial charge in [0.2, 0.25) is 5.91 Å². The molecule has 0 bridgehead atoms. The van der Waals surface area contributed by atoms with Crippen LogP contribution in [0.5, 0.6) is 0 Å². The number of anilines is 2. The van der Waals surface area contributed by atoms with Crippen LogP contribution in [0.15, 0.2) is 35.1 Å². The maximum absolute atomic E-state index is 12.5. The topological polar surface area (TPSA) is 118 Å². The first-order valence-corrected chi connectivity index (χ1v) is 8.89. The van der Waals surface area contributed by atoms with E-state index in [1.807, 2.05) is 17.0 Å². The first-order valence-electron chi connectivity index (χ1n) is 8.89. The lowest BCUT2D eigenvalue weighted by Crippen LogP contribution is -2.48. The number of carbonyl (C=O) groups excluding carboxylic acids is 3. The minimum Gasteiger partial charge on any atom is -0.384 e. The van der Waals surface area contributed by atoms with Crippen LogP contribution in [0, 0.1) is 0 Å². The molecule has 9 heteroatoms. The number of hydrogen-bond acceptors (Lipinski definition) is 6. The Kier molecular flexibility index (Phi) is 4.14. The third-order valence-corrected chi connectivity index (χ3v) is 5.15. The Labute approximate surface area is 160 Å². The number of imide groups is 1. The summed E-state index contributed by atoms with van der Waals surface area (Å²) in [5.41, 5.74) is 7.06. The van der Waals surface area contributed by atoms with Gasteiger partial charge >= 0.3 is 0 Å². The highest BCUT2D eigenvalue weighted by molar-refractivity contribution is 6.23. The first kappa shape index (κ1) is 17.8. The molecule has 2 aromatic rings. The third kappa shape index (κ3) is 2.81. The smallest absolute Gasteiger partial charge is 0.262 e. The maximum Gasteiger partial charge on any atom is 0.262 e. The number of amides is 3. The van der Waals surface area contributed by atoms with Crippen molar-refractivity contribution >= 4 is 29.2 Å². The molecule has 0 saturated carbocycles. The number of nitrogens with zero attached hydrogens (tertiary/aromatic N) is 3. The summed E-state index contributed by atoms with van der Waals surface area (Å²) in [7, 11) is 0. The second-order valence-corrected chi connectivity index (χ2v) is 6.78. The molecule has 1 fully saturated rings. The fourth-order valence-corrected chi connectivity index (χ4v) is 3.64. The van der Waals surface area contributed by atoms with E-state index in [9.17, 15) is 19.2 Å². The van der Waals surface area contributed by atoms with Crippen molar-refractivity contribution in [3.05, 3.63) is 51.8 Å². The number of piperazine rings is 1. The van der Waals surface area contributed by atoms with Crippen molar-refractivity contribution in [3.63, 3.8) is 0 Å². The molecule has 0 unspecified atom stereocenters. The maximum atomic E-state index is 12.5. The van der Waals surface area contributed by atoms with Gasteiger partial charge in [0, 0.05) is 44.9 Å². The lowest BCUT2D eigenvalue weighted by molar-refractivity contribution is -0.129. The highest BCUT2D eigenvalue weighted by Gasteiger charge is 2.31. The highest BCUT2D eigenvalue weighted by atomic mass is 16.2. The lowest BCUT2D eigenvalue weighted by Gasteiger charge is -2.35. The number of aromatic nitrogens is 1. The fourth-order valence-electron chi connectivity index (χ4n) is 3.64. The van der Waals surface area contributed by atoms with Crippen LogP contribution < -0.4 is 21.5 Å². The number of rotatable bonds is 2. The van der Waals surface area contributed by atoms with Gasteiger partial charge in [-0.1, -0.05) is 0 Å². The standard InChI is InChI=1S/C19H19N5O4/c1-11(25)22-6-8-23(9-7-22)12-2-4-13(5-3-12)24-15(26)10-14-16(17(24)20)19(28)21-18(14)27/h2-5,10H,6-9,20H2,1H3,(H,21,27,28). The molecule has 4 rings (SSSR count). The van der Waals surface area contributed by atoms with Gasteiger partial charge in [-0.25, -0.2) is 0 Å². The summed E-state index contributed by atoms with van der Waals surface area (Å²) < 4.78 is 1.22. The Morgan fingerprint density at radius 2 is 1.57 bits per heavy atom. The van der Waals surface area contributed by atoms with Crippen LogP contribution in [0.25, 0.3) is 5.69 Å². The van der Waals surface area contributed by atoms with Gasteiger partial charge in [-0.3, -0.25) is 29.1 Å². The van der Waals surface area contributed by atoms with Gasteiger partial charge in [-0.15, -0.1) is 0 Å². The number of benzene rings is 1. The molecular formula is C19H19N5O4. The summed E-state index contributed by atoms with van der Waals surface area (Å²) in [4.78, 5) is 51.6. The van der Waals surface area contributed by atoms with Gasteiger partial charge in [-0.2, -0.15) is 0 Å². The number of nitrogens with one attached hydrogen (secondary N) is 1. The van der Waals surface area contributed by atoms with Gasteiger partial charge in [0.15, 0.2) is 0 Å². The first-order chi connectivity index (χ1) is 13.4. The predicted octanol–water partition coefficient (Wildman–Crippen LogP) is -0.0282. The van der Waals surface area contributed by atoms with Crippen molar-refractivity contribution in [1.29, 1.82) is 0 Å². The Bertz CT molecular complexity index is 1050. The molecule has 0 radical (unpaired) electrons. The number of hydrogen-bond donors (Lipinski definition) is 2. The molecule has 0 aliphatic carbocycles. The molecule has 144 valence electrons. The van der Waals surface area contributed by atoms with Gasteiger partial charge in [0.05, 0.1) is 16.8 Å². The van der Waals surface area contributed by atoms with Crippen molar-refractivity contribution in [2.75, 3.05) is 36.8 Å². The number of nitrogens with two attached hydrogens (primary N) is 1. The largest absolute Gasteiger partial charge is 0.384 e. The lowest BCUT2D eigenvalue weighted by atomic mass is 10.1. The minimum absolute atomic E-state index is 0.00344. The van der Waals surface area contributed by atoms with Crippen molar-refractivity contribution in [2.45, 2.75) is 6.92 Å². The van der Waals surface area contributed by atoms with Crippen molar-refractivity contribution in [1.82, 2.24) is 14.8 Å². The second kappa shape index (κ2) is 6.52. The normalized spacial score (nSPS) is 16.2. The molecule has 3 amide bonds. The van der Waals surface area contributed by atoms with Crippen molar-refractivity contribution < 1.29 is 14.4 Å². The number of pyridine rings is 1. The molecule has 0 spiro atoms. The zero-order valence-electron chi connectivity index (χ0n) is 15.3. The molecule has 3 heterocycles. The SMILES string of the molecule is CC(=O)N1CCN(c2ccc(-n3c(N)c4c(cc3=O)C(=O)NC4=O)cc2)CC1. The summed E-state index contributed by atoms with van der Waals surface area (Å²) in [6.45, 7) is 4.34. The van der Waals surface area contributed by atoms with Crippen LogP contribution in [0.3, 0.4) is 0 Å². The summed E-state index contributed by atoms with van der Waals surface area (Å²) in [6, 6.07) is 8.34. The number of nitrogen functional groups attached to an aromatic ring is 1. The van der Waals surface area contributed by atoms with Gasteiger partial charge in [-0.05, 0) is 24.3 Å². The zero-order chi connectivity index (χ0) is 20.0.